The van der Waals surface area contributed by atoms with Crippen molar-refractivity contribution in [3.05, 3.63) is 71.8 Å². The largest absolute Gasteiger partial charge is 0.481 e. The quantitative estimate of drug-likeness (QED) is 0.109. The van der Waals surface area contributed by atoms with Gasteiger partial charge in [-0.15, -0.1) is 0 Å². The minimum Gasteiger partial charge on any atom is -0.481 e. The van der Waals surface area contributed by atoms with E-state index in [-0.39, 0.29) is 19.8 Å². The first-order valence-corrected chi connectivity index (χ1v) is 21.2. The van der Waals surface area contributed by atoms with E-state index in [0.29, 0.717) is 5.56 Å². The lowest BCUT2D eigenvalue weighted by Gasteiger charge is -2.36. The number of carboxylic acids is 2. The molecular formula is C45H65N7O13. The fraction of sp³-hybridized carbons (Fsp3) is 0.533. The number of benzene rings is 2. The van der Waals surface area contributed by atoms with E-state index in [9.17, 15) is 53.4 Å². The molecule has 4 unspecified atom stereocenters. The van der Waals surface area contributed by atoms with Gasteiger partial charge >= 0.3 is 11.9 Å². The van der Waals surface area contributed by atoms with Gasteiger partial charge in [0.15, 0.2) is 0 Å². The van der Waals surface area contributed by atoms with Crippen LogP contribution in [0.1, 0.15) is 70.7 Å². The van der Waals surface area contributed by atoms with Crippen LogP contribution in [0, 0.1) is 0 Å². The molecule has 0 saturated carbocycles. The topological polar surface area (TPSA) is 244 Å². The second-order valence-electron chi connectivity index (χ2n) is 15.6. The van der Waals surface area contributed by atoms with E-state index in [1.165, 1.54) is 42.9 Å². The van der Waals surface area contributed by atoms with Gasteiger partial charge in [0.25, 0.3) is 0 Å². The lowest BCUT2D eigenvalue weighted by Crippen LogP contribution is -2.54. The fourth-order valence-electron chi connectivity index (χ4n) is 6.95. The molecular weight excluding hydrogens is 847 g/mol. The van der Waals surface area contributed by atoms with E-state index >= 15 is 0 Å². The molecule has 0 spiro atoms. The smallest absolute Gasteiger partial charge is 0.305 e. The number of rotatable bonds is 28. The first-order valence-electron chi connectivity index (χ1n) is 21.2. The third-order valence-corrected chi connectivity index (χ3v) is 10.8. The Morgan fingerprint density at radius 2 is 0.877 bits per heavy atom. The molecule has 0 aliphatic rings. The summed E-state index contributed by atoms with van der Waals surface area (Å²) in [5.74, 6) is -7.19. The summed E-state index contributed by atoms with van der Waals surface area (Å²) in [4.78, 5) is 126. The summed E-state index contributed by atoms with van der Waals surface area (Å²) in [6.45, 7) is 3.56. The van der Waals surface area contributed by atoms with Gasteiger partial charge in [-0.1, -0.05) is 60.7 Å². The monoisotopic (exact) mass is 911 g/mol. The van der Waals surface area contributed by atoms with Crippen LogP contribution in [-0.4, -0.2) is 192 Å². The van der Waals surface area contributed by atoms with Crippen molar-refractivity contribution in [1.29, 1.82) is 0 Å². The molecule has 0 bridgehead atoms. The first-order chi connectivity index (χ1) is 30.7. The summed E-state index contributed by atoms with van der Waals surface area (Å²) in [7, 11) is 4.25. The fourth-order valence-corrected chi connectivity index (χ4v) is 6.95. The van der Waals surface area contributed by atoms with Gasteiger partial charge in [-0.25, -0.2) is 0 Å². The third kappa shape index (κ3) is 17.9. The maximum Gasteiger partial charge on any atom is 0.305 e. The summed E-state index contributed by atoms with van der Waals surface area (Å²) in [5.41, 5.74) is 1.30. The van der Waals surface area contributed by atoms with E-state index in [1.54, 1.807) is 88.4 Å². The van der Waals surface area contributed by atoms with Crippen LogP contribution in [0.15, 0.2) is 60.7 Å². The number of carboxylic acid groups (broad SMARTS) is 2. The third-order valence-electron chi connectivity index (χ3n) is 10.8. The normalized spacial score (nSPS) is 12.7. The molecule has 20 nitrogen and oxygen atoms in total. The van der Waals surface area contributed by atoms with Crippen LogP contribution in [0.5, 0.6) is 0 Å². The van der Waals surface area contributed by atoms with Crippen molar-refractivity contribution in [3.63, 3.8) is 0 Å². The minimum atomic E-state index is -1.28. The molecule has 4 atom stereocenters. The molecule has 2 aromatic carbocycles. The van der Waals surface area contributed by atoms with Gasteiger partial charge in [0.1, 0.15) is 26.2 Å². The summed E-state index contributed by atoms with van der Waals surface area (Å²) >= 11 is 0. The molecule has 2 rings (SSSR count). The van der Waals surface area contributed by atoms with E-state index in [0.717, 1.165) is 20.3 Å². The number of aliphatic carboxylic acids is 2. The number of methoxy groups -OCH3 is 2. The molecule has 2 aromatic rings. The number of likely N-dealkylation sites (N-methyl/N-ethyl adjacent to an activating group) is 1. The lowest BCUT2D eigenvalue weighted by atomic mass is 10.1. The summed E-state index contributed by atoms with van der Waals surface area (Å²) in [5, 5.41) is 21.7. The Kier molecular flexibility index (Phi) is 23.3. The molecule has 65 heavy (non-hydrogen) atoms. The van der Waals surface area contributed by atoms with E-state index in [4.69, 9.17) is 9.47 Å². The number of carbonyl (C=O) groups is 9. The van der Waals surface area contributed by atoms with Crippen molar-refractivity contribution in [2.75, 3.05) is 86.8 Å². The Labute approximate surface area is 380 Å². The summed E-state index contributed by atoms with van der Waals surface area (Å²) in [6.07, 6.45) is -1.13. The van der Waals surface area contributed by atoms with Crippen molar-refractivity contribution in [3.8, 4) is 0 Å². The number of ether oxygens (including phenoxy) is 2. The van der Waals surface area contributed by atoms with Crippen LogP contribution < -0.4 is 5.32 Å². The average molecular weight is 912 g/mol. The predicted molar refractivity (Wildman–Crippen MR) is 237 cm³/mol. The highest BCUT2D eigenvalue weighted by molar-refractivity contribution is 5.93. The average Bonchev–Trinajstić information content (AvgIpc) is 3.27. The molecule has 0 radical (unpaired) electrons. The lowest BCUT2D eigenvalue weighted by molar-refractivity contribution is -0.151. The maximum absolute atomic E-state index is 14.4. The maximum atomic E-state index is 14.4. The molecule has 0 heterocycles. The van der Waals surface area contributed by atoms with Gasteiger partial charge in [-0.3, -0.25) is 43.2 Å². The Bertz CT molecular complexity index is 1920. The molecule has 0 aliphatic heterocycles. The zero-order valence-electron chi connectivity index (χ0n) is 38.6. The van der Waals surface area contributed by atoms with Crippen molar-refractivity contribution < 1.29 is 62.8 Å². The van der Waals surface area contributed by atoms with Crippen molar-refractivity contribution in [1.82, 2.24) is 34.7 Å². The Morgan fingerprint density at radius 1 is 0.523 bits per heavy atom. The zero-order valence-corrected chi connectivity index (χ0v) is 38.6. The van der Waals surface area contributed by atoms with E-state index in [2.05, 4.69) is 5.32 Å². The molecule has 0 aliphatic carbocycles. The van der Waals surface area contributed by atoms with E-state index in [1.807, 2.05) is 0 Å². The molecule has 0 saturated heterocycles. The molecule has 0 fully saturated rings. The SMILES string of the molecule is CNC(=O)CN(C(=O)CN(C(=O)CN(CCC(=O)O)C(=O)CN(C(=O)CN(CCC(=O)O)C(=O)CN(C(C)=O)C(C)COC)C(C)c1ccccc1)C(C)COC)C(C)c1ccccc1. The van der Waals surface area contributed by atoms with Gasteiger partial charge in [-0.2, -0.15) is 0 Å². The molecule has 358 valence electrons. The van der Waals surface area contributed by atoms with Gasteiger partial charge in [0.2, 0.25) is 41.4 Å². The van der Waals surface area contributed by atoms with Crippen LogP contribution in [0.3, 0.4) is 0 Å². The molecule has 0 aromatic heterocycles. The second-order valence-corrected chi connectivity index (χ2v) is 15.6. The summed E-state index contributed by atoms with van der Waals surface area (Å²) in [6, 6.07) is 14.8. The highest BCUT2D eigenvalue weighted by Crippen LogP contribution is 2.23. The number of nitrogens with zero attached hydrogens (tertiary/aromatic N) is 6. The number of nitrogens with one attached hydrogen (secondary N) is 1. The highest BCUT2D eigenvalue weighted by atomic mass is 16.5. The number of carbonyl (C=O) groups excluding carboxylic acids is 7. The van der Waals surface area contributed by atoms with Crippen molar-refractivity contribution in [2.45, 2.75) is 71.6 Å². The predicted octanol–water partition coefficient (Wildman–Crippen LogP) is 1.27. The van der Waals surface area contributed by atoms with Gasteiger partial charge in [-0.05, 0) is 38.8 Å². The Balaban J connectivity index is 2.56. The summed E-state index contributed by atoms with van der Waals surface area (Å²) < 4.78 is 10.5. The van der Waals surface area contributed by atoms with Crippen molar-refractivity contribution in [2.24, 2.45) is 0 Å². The molecule has 7 amide bonds. The number of hydrogen-bond acceptors (Lipinski definition) is 11. The Morgan fingerprint density at radius 3 is 1.26 bits per heavy atom. The standard InChI is InChI=1S/C45H65N7O13/c1-31(29-64-7)49(35(5)53)26-39(55)48(22-20-45(62)63)25-42(58)52(34(4)37-17-13-10-14-18-37)27-40(56)47(21-19-44(60)61)24-41(57)50(32(2)30-65-8)28-43(59)51(23-38(54)46-6)33(3)36-15-11-9-12-16-36/h9-18,31-34H,19-30H2,1-8H3,(H,46,54)(H,60,61)(H,62,63). The second kappa shape index (κ2) is 27.7. The van der Waals surface area contributed by atoms with Crippen LogP contribution in [-0.2, 0) is 52.6 Å². The minimum absolute atomic E-state index is 0.0325. The molecule has 20 heteroatoms. The van der Waals surface area contributed by atoms with Crippen LogP contribution in [0.25, 0.3) is 0 Å². The van der Waals surface area contributed by atoms with Crippen molar-refractivity contribution >= 4 is 53.3 Å². The first kappa shape index (κ1) is 54.7. The highest BCUT2D eigenvalue weighted by Gasteiger charge is 2.34. The molecule has 3 N–H and O–H groups in total. The van der Waals surface area contributed by atoms with Crippen LogP contribution >= 0.6 is 0 Å². The van der Waals surface area contributed by atoms with Gasteiger partial charge < -0.3 is 54.4 Å². The van der Waals surface area contributed by atoms with Crippen LogP contribution in [0.2, 0.25) is 0 Å². The van der Waals surface area contributed by atoms with Gasteiger partial charge in [0, 0.05) is 41.3 Å². The zero-order chi connectivity index (χ0) is 48.8. The van der Waals surface area contributed by atoms with E-state index < -0.39 is 136 Å². The Hall–Kier alpha value is -6.41. The number of amides is 7. The number of hydrogen-bond donors (Lipinski definition) is 3. The van der Waals surface area contributed by atoms with Crippen LogP contribution in [0.4, 0.5) is 0 Å². The van der Waals surface area contributed by atoms with Gasteiger partial charge in [0.05, 0.1) is 63.3 Å².